The van der Waals surface area contributed by atoms with Gasteiger partial charge in [0.2, 0.25) is 5.91 Å². The van der Waals surface area contributed by atoms with Gasteiger partial charge in [-0.25, -0.2) is 0 Å². The van der Waals surface area contributed by atoms with E-state index in [1.54, 1.807) is 12.0 Å². The number of aliphatic hydroxyl groups excluding tert-OH is 1. The summed E-state index contributed by atoms with van der Waals surface area (Å²) in [5.74, 6) is -0.0528. The summed E-state index contributed by atoms with van der Waals surface area (Å²) in [6, 6.07) is -0.162. The highest BCUT2D eigenvalue weighted by atomic mass is 16.5. The highest BCUT2D eigenvalue weighted by molar-refractivity contribution is 5.78. The lowest BCUT2D eigenvalue weighted by atomic mass is 9.82. The minimum Gasteiger partial charge on any atom is -0.394 e. The maximum Gasteiger partial charge on any atom is 0.225 e. The van der Waals surface area contributed by atoms with Gasteiger partial charge in [-0.1, -0.05) is 19.3 Å². The lowest BCUT2D eigenvalue weighted by Gasteiger charge is -2.34. The van der Waals surface area contributed by atoms with E-state index < -0.39 is 5.60 Å². The number of amides is 1. The van der Waals surface area contributed by atoms with Crippen molar-refractivity contribution >= 4 is 5.91 Å². The summed E-state index contributed by atoms with van der Waals surface area (Å²) in [6.45, 7) is 0.487. The van der Waals surface area contributed by atoms with Crippen LogP contribution < -0.4 is 0 Å². The normalized spacial score (nSPS) is 30.6. The molecule has 2 rings (SSSR count). The van der Waals surface area contributed by atoms with Crippen molar-refractivity contribution in [2.75, 3.05) is 20.3 Å². The first kappa shape index (κ1) is 14.8. The van der Waals surface area contributed by atoms with Gasteiger partial charge in [-0.15, -0.1) is 0 Å². The minimum atomic E-state index is -0.833. The van der Waals surface area contributed by atoms with Crippen LogP contribution in [0.2, 0.25) is 0 Å². The molecule has 0 aromatic carbocycles. The second-order valence-corrected chi connectivity index (χ2v) is 5.94. The van der Waals surface area contributed by atoms with Gasteiger partial charge in [0.05, 0.1) is 30.8 Å². The van der Waals surface area contributed by atoms with Gasteiger partial charge in [-0.3, -0.25) is 4.79 Å². The third kappa shape index (κ3) is 3.46. The largest absolute Gasteiger partial charge is 0.394 e. The molecule has 1 amide bonds. The van der Waals surface area contributed by atoms with Crippen LogP contribution >= 0.6 is 0 Å². The molecular weight excluding hydrogens is 246 g/mol. The molecule has 5 nitrogen and oxygen atoms in total. The van der Waals surface area contributed by atoms with E-state index in [2.05, 4.69) is 0 Å². The van der Waals surface area contributed by atoms with Crippen LogP contribution in [-0.4, -0.2) is 59.0 Å². The van der Waals surface area contributed by atoms with Gasteiger partial charge in [0.25, 0.3) is 0 Å². The van der Waals surface area contributed by atoms with Gasteiger partial charge < -0.3 is 19.8 Å². The van der Waals surface area contributed by atoms with Crippen molar-refractivity contribution in [1.82, 2.24) is 4.90 Å². The Kier molecular flexibility index (Phi) is 4.81. The Morgan fingerprint density at radius 2 is 2.05 bits per heavy atom. The number of likely N-dealkylation sites (tertiary alicyclic amines) is 1. The zero-order valence-corrected chi connectivity index (χ0v) is 11.7. The van der Waals surface area contributed by atoms with Crippen molar-refractivity contribution in [3.63, 3.8) is 0 Å². The summed E-state index contributed by atoms with van der Waals surface area (Å²) in [6.07, 6.45) is 5.42. The number of rotatable bonds is 4. The molecule has 2 atom stereocenters. The molecule has 0 bridgehead atoms. The van der Waals surface area contributed by atoms with Crippen LogP contribution in [0, 0.1) is 0 Å². The topological polar surface area (TPSA) is 70.0 Å². The average Bonchev–Trinajstić information content (AvgIpc) is 2.82. The molecule has 2 aliphatic rings. The second kappa shape index (κ2) is 6.20. The molecule has 19 heavy (non-hydrogen) atoms. The SMILES string of the molecule is CO[C@@H]1C[C@@H](CO)N(C(=O)CC2(O)CCCCC2)C1. The Morgan fingerprint density at radius 1 is 1.37 bits per heavy atom. The number of carbonyl (C=O) groups excluding carboxylic acids is 1. The van der Waals surface area contributed by atoms with Crippen molar-refractivity contribution < 1.29 is 19.7 Å². The van der Waals surface area contributed by atoms with E-state index in [1.165, 1.54) is 0 Å². The summed E-state index contributed by atoms with van der Waals surface area (Å²) >= 11 is 0. The summed E-state index contributed by atoms with van der Waals surface area (Å²) in [7, 11) is 1.63. The van der Waals surface area contributed by atoms with Crippen LogP contribution in [0.1, 0.15) is 44.9 Å². The number of aliphatic hydroxyl groups is 2. The van der Waals surface area contributed by atoms with E-state index in [0.717, 1.165) is 19.3 Å². The molecule has 2 N–H and O–H groups in total. The van der Waals surface area contributed by atoms with E-state index in [0.29, 0.717) is 25.8 Å². The van der Waals surface area contributed by atoms with Gasteiger partial charge in [0.1, 0.15) is 0 Å². The molecule has 1 aliphatic heterocycles. The molecule has 110 valence electrons. The predicted molar refractivity (Wildman–Crippen MR) is 70.7 cm³/mol. The molecule has 0 spiro atoms. The molecular formula is C14H25NO4. The van der Waals surface area contributed by atoms with Crippen molar-refractivity contribution in [2.45, 2.75) is 62.7 Å². The zero-order valence-electron chi connectivity index (χ0n) is 11.7. The van der Waals surface area contributed by atoms with Gasteiger partial charge in [0.15, 0.2) is 0 Å². The summed E-state index contributed by atoms with van der Waals surface area (Å²) in [4.78, 5) is 14.0. The molecule has 0 aromatic rings. The monoisotopic (exact) mass is 271 g/mol. The number of hydrogen-bond donors (Lipinski definition) is 2. The van der Waals surface area contributed by atoms with Gasteiger partial charge in [0, 0.05) is 13.7 Å². The summed E-state index contributed by atoms with van der Waals surface area (Å²) < 4.78 is 5.27. The molecule has 0 aromatic heterocycles. The molecule has 0 unspecified atom stereocenters. The first-order chi connectivity index (χ1) is 9.08. The van der Waals surface area contributed by atoms with Gasteiger partial charge in [-0.05, 0) is 19.3 Å². The fourth-order valence-corrected chi connectivity index (χ4v) is 3.29. The Bertz CT molecular complexity index is 315. The van der Waals surface area contributed by atoms with Crippen LogP contribution in [0.25, 0.3) is 0 Å². The van der Waals surface area contributed by atoms with Crippen molar-refractivity contribution in [1.29, 1.82) is 0 Å². The smallest absolute Gasteiger partial charge is 0.225 e. The number of nitrogens with zero attached hydrogens (tertiary/aromatic N) is 1. The van der Waals surface area contributed by atoms with Crippen LogP contribution in [0.5, 0.6) is 0 Å². The van der Waals surface area contributed by atoms with Crippen LogP contribution in [0.4, 0.5) is 0 Å². The average molecular weight is 271 g/mol. The Labute approximate surface area is 114 Å². The van der Waals surface area contributed by atoms with Crippen molar-refractivity contribution in [3.05, 3.63) is 0 Å². The van der Waals surface area contributed by atoms with E-state index in [4.69, 9.17) is 4.74 Å². The fraction of sp³-hybridized carbons (Fsp3) is 0.929. The molecule has 1 aliphatic carbocycles. The summed E-state index contributed by atoms with van der Waals surface area (Å²) in [5.41, 5.74) is -0.833. The molecule has 2 fully saturated rings. The first-order valence-electron chi connectivity index (χ1n) is 7.23. The first-order valence-corrected chi connectivity index (χ1v) is 7.23. The standard InChI is InChI=1S/C14H25NO4/c1-19-12-7-11(10-16)15(9-12)13(17)8-14(18)5-3-2-4-6-14/h11-12,16,18H,2-10H2,1H3/t11-,12+/m0/s1. The Balaban J connectivity index is 1.94. The number of ether oxygens (including phenoxy) is 1. The van der Waals surface area contributed by atoms with E-state index >= 15 is 0 Å². The zero-order chi connectivity index (χ0) is 13.9. The van der Waals surface area contributed by atoms with Gasteiger partial charge >= 0.3 is 0 Å². The Hall–Kier alpha value is -0.650. The van der Waals surface area contributed by atoms with E-state index in [-0.39, 0.29) is 31.1 Å². The predicted octanol–water partition coefficient (Wildman–Crippen LogP) is 0.680. The van der Waals surface area contributed by atoms with E-state index in [9.17, 15) is 15.0 Å². The molecule has 1 heterocycles. The third-order valence-electron chi connectivity index (χ3n) is 4.51. The lowest BCUT2D eigenvalue weighted by Crippen LogP contribution is -2.43. The lowest BCUT2D eigenvalue weighted by molar-refractivity contribution is -0.139. The number of carbonyl (C=O) groups is 1. The minimum absolute atomic E-state index is 0.00194. The van der Waals surface area contributed by atoms with Crippen molar-refractivity contribution in [2.24, 2.45) is 0 Å². The third-order valence-corrected chi connectivity index (χ3v) is 4.51. The van der Waals surface area contributed by atoms with Crippen LogP contribution in [-0.2, 0) is 9.53 Å². The van der Waals surface area contributed by atoms with Crippen LogP contribution in [0.15, 0.2) is 0 Å². The quantitative estimate of drug-likeness (QED) is 0.789. The van der Waals surface area contributed by atoms with E-state index in [1.807, 2.05) is 0 Å². The maximum absolute atomic E-state index is 12.3. The highest BCUT2D eigenvalue weighted by Crippen LogP contribution is 2.32. The van der Waals surface area contributed by atoms with Crippen molar-refractivity contribution in [3.8, 4) is 0 Å². The molecule has 0 radical (unpaired) electrons. The molecule has 5 heteroatoms. The van der Waals surface area contributed by atoms with Crippen LogP contribution in [0.3, 0.4) is 0 Å². The number of hydrogen-bond acceptors (Lipinski definition) is 4. The molecule has 1 saturated heterocycles. The fourth-order valence-electron chi connectivity index (χ4n) is 3.29. The second-order valence-electron chi connectivity index (χ2n) is 5.94. The summed E-state index contributed by atoms with van der Waals surface area (Å²) in [5, 5.41) is 19.8. The highest BCUT2D eigenvalue weighted by Gasteiger charge is 2.39. The molecule has 1 saturated carbocycles. The van der Waals surface area contributed by atoms with Gasteiger partial charge in [-0.2, -0.15) is 0 Å². The Morgan fingerprint density at radius 3 is 2.63 bits per heavy atom. The maximum atomic E-state index is 12.3. The number of methoxy groups -OCH3 is 1.